The maximum absolute atomic E-state index is 12.1. The van der Waals surface area contributed by atoms with E-state index in [4.69, 9.17) is 4.74 Å². The molecule has 2 aromatic carbocycles. The lowest BCUT2D eigenvalue weighted by atomic mass is 9.99. The minimum atomic E-state index is -0.299. The molecule has 0 bridgehead atoms. The standard InChI is InChI=1S/C22H27N3O3/c1-16-11-13-25(14-12-16)19-7-5-18(6-8-19)24-21(26)15-23-22(27)17-3-9-20(28-2)10-4-17/h3-10,16H,11-15H2,1-2H3,(H,23,27)(H,24,26). The van der Waals surface area contributed by atoms with Crippen molar-refractivity contribution in [3.8, 4) is 5.75 Å². The minimum Gasteiger partial charge on any atom is -0.497 e. The smallest absolute Gasteiger partial charge is 0.251 e. The Balaban J connectivity index is 1.47. The lowest BCUT2D eigenvalue weighted by molar-refractivity contribution is -0.115. The first kappa shape index (κ1) is 19.7. The first-order valence-electron chi connectivity index (χ1n) is 9.62. The molecular formula is C22H27N3O3. The maximum atomic E-state index is 12.1. The van der Waals surface area contributed by atoms with Gasteiger partial charge in [-0.3, -0.25) is 9.59 Å². The van der Waals surface area contributed by atoms with Gasteiger partial charge in [-0.1, -0.05) is 6.92 Å². The van der Waals surface area contributed by atoms with E-state index < -0.39 is 0 Å². The molecule has 1 aliphatic heterocycles. The predicted octanol–water partition coefficient (Wildman–Crippen LogP) is 3.30. The number of nitrogens with one attached hydrogen (secondary N) is 2. The number of anilines is 2. The normalized spacial score (nSPS) is 14.4. The SMILES string of the molecule is COc1ccc(C(=O)NCC(=O)Nc2ccc(N3CCC(C)CC3)cc2)cc1. The van der Waals surface area contributed by atoms with Crippen LogP contribution in [0, 0.1) is 5.92 Å². The van der Waals surface area contributed by atoms with E-state index >= 15 is 0 Å². The Hall–Kier alpha value is -3.02. The Bertz CT molecular complexity index is 795. The van der Waals surface area contributed by atoms with E-state index in [2.05, 4.69) is 22.5 Å². The second-order valence-electron chi connectivity index (χ2n) is 7.18. The van der Waals surface area contributed by atoms with Crippen molar-refractivity contribution in [2.75, 3.05) is 37.0 Å². The molecule has 2 aromatic rings. The quantitative estimate of drug-likeness (QED) is 0.805. The molecule has 1 saturated heterocycles. The number of carbonyl (C=O) groups excluding carboxylic acids is 2. The van der Waals surface area contributed by atoms with Crippen molar-refractivity contribution in [1.82, 2.24) is 5.32 Å². The third-order valence-corrected chi connectivity index (χ3v) is 5.06. The Morgan fingerprint density at radius 1 is 1.04 bits per heavy atom. The van der Waals surface area contributed by atoms with E-state index in [0.29, 0.717) is 11.3 Å². The molecule has 1 heterocycles. The van der Waals surface area contributed by atoms with E-state index in [1.54, 1.807) is 31.4 Å². The molecule has 6 heteroatoms. The van der Waals surface area contributed by atoms with Crippen molar-refractivity contribution < 1.29 is 14.3 Å². The van der Waals surface area contributed by atoms with Crippen LogP contribution >= 0.6 is 0 Å². The monoisotopic (exact) mass is 381 g/mol. The average molecular weight is 381 g/mol. The van der Waals surface area contributed by atoms with Crippen molar-refractivity contribution in [2.45, 2.75) is 19.8 Å². The van der Waals surface area contributed by atoms with Gasteiger partial charge in [0.2, 0.25) is 5.91 Å². The van der Waals surface area contributed by atoms with Crippen LogP contribution in [0.5, 0.6) is 5.75 Å². The number of rotatable bonds is 6. The molecule has 3 rings (SSSR count). The van der Waals surface area contributed by atoms with E-state index in [0.717, 1.165) is 24.7 Å². The molecule has 2 amide bonds. The van der Waals surface area contributed by atoms with E-state index in [1.165, 1.54) is 18.5 Å². The van der Waals surface area contributed by atoms with Gasteiger partial charge in [-0.15, -0.1) is 0 Å². The lowest BCUT2D eigenvalue weighted by Gasteiger charge is -2.32. The Labute approximate surface area is 165 Å². The van der Waals surface area contributed by atoms with Gasteiger partial charge in [0.1, 0.15) is 5.75 Å². The fraction of sp³-hybridized carbons (Fsp3) is 0.364. The van der Waals surface area contributed by atoms with Crippen molar-refractivity contribution in [3.05, 3.63) is 54.1 Å². The zero-order chi connectivity index (χ0) is 19.9. The van der Waals surface area contributed by atoms with Crippen LogP contribution in [0.1, 0.15) is 30.1 Å². The van der Waals surface area contributed by atoms with Crippen LogP contribution < -0.4 is 20.3 Å². The molecule has 0 atom stereocenters. The van der Waals surface area contributed by atoms with Gasteiger partial charge in [-0.25, -0.2) is 0 Å². The Morgan fingerprint density at radius 2 is 1.68 bits per heavy atom. The highest BCUT2D eigenvalue weighted by atomic mass is 16.5. The van der Waals surface area contributed by atoms with Gasteiger partial charge in [-0.05, 0) is 67.3 Å². The molecule has 0 aliphatic carbocycles. The summed E-state index contributed by atoms with van der Waals surface area (Å²) in [4.78, 5) is 26.6. The first-order chi connectivity index (χ1) is 13.5. The van der Waals surface area contributed by atoms with Crippen LogP contribution in [0.2, 0.25) is 0 Å². The fourth-order valence-electron chi connectivity index (χ4n) is 3.23. The van der Waals surface area contributed by atoms with Gasteiger partial charge in [0, 0.05) is 30.0 Å². The van der Waals surface area contributed by atoms with Crippen LogP contribution in [0.15, 0.2) is 48.5 Å². The molecule has 6 nitrogen and oxygen atoms in total. The van der Waals surface area contributed by atoms with Crippen LogP contribution in [0.25, 0.3) is 0 Å². The number of nitrogens with zero attached hydrogens (tertiary/aromatic N) is 1. The minimum absolute atomic E-state index is 0.0867. The Kier molecular flexibility index (Phi) is 6.53. The van der Waals surface area contributed by atoms with Crippen molar-refractivity contribution in [3.63, 3.8) is 0 Å². The topological polar surface area (TPSA) is 70.7 Å². The highest BCUT2D eigenvalue weighted by Crippen LogP contribution is 2.24. The molecule has 1 fully saturated rings. The number of amides is 2. The molecule has 148 valence electrons. The van der Waals surface area contributed by atoms with Crippen LogP contribution in [-0.2, 0) is 4.79 Å². The third-order valence-electron chi connectivity index (χ3n) is 5.06. The molecule has 0 aromatic heterocycles. The summed E-state index contributed by atoms with van der Waals surface area (Å²) in [6.45, 7) is 4.36. The molecule has 1 aliphatic rings. The second-order valence-corrected chi connectivity index (χ2v) is 7.18. The summed E-state index contributed by atoms with van der Waals surface area (Å²) in [6, 6.07) is 14.6. The number of hydrogen-bond acceptors (Lipinski definition) is 4. The molecule has 0 unspecified atom stereocenters. The van der Waals surface area contributed by atoms with Crippen LogP contribution in [-0.4, -0.2) is 38.6 Å². The molecule has 2 N–H and O–H groups in total. The predicted molar refractivity (Wildman–Crippen MR) is 111 cm³/mol. The number of piperidine rings is 1. The molecule has 0 radical (unpaired) electrons. The van der Waals surface area contributed by atoms with E-state index in [9.17, 15) is 9.59 Å². The summed E-state index contributed by atoms with van der Waals surface area (Å²) in [5.41, 5.74) is 2.38. The lowest BCUT2D eigenvalue weighted by Crippen LogP contribution is -2.33. The van der Waals surface area contributed by atoms with E-state index in [-0.39, 0.29) is 18.4 Å². The van der Waals surface area contributed by atoms with Gasteiger partial charge < -0.3 is 20.3 Å². The molecule has 0 saturated carbocycles. The van der Waals surface area contributed by atoms with E-state index in [1.807, 2.05) is 24.3 Å². The highest BCUT2D eigenvalue weighted by molar-refractivity contribution is 5.99. The third kappa shape index (κ3) is 5.25. The van der Waals surface area contributed by atoms with Gasteiger partial charge in [0.25, 0.3) is 5.91 Å². The first-order valence-corrected chi connectivity index (χ1v) is 9.62. The zero-order valence-corrected chi connectivity index (χ0v) is 16.4. The second kappa shape index (κ2) is 9.26. The van der Waals surface area contributed by atoms with Gasteiger partial charge in [0.15, 0.2) is 0 Å². The summed E-state index contributed by atoms with van der Waals surface area (Å²) in [6.07, 6.45) is 2.43. The van der Waals surface area contributed by atoms with Crippen molar-refractivity contribution >= 4 is 23.2 Å². The zero-order valence-electron chi connectivity index (χ0n) is 16.4. The molecule has 28 heavy (non-hydrogen) atoms. The van der Waals surface area contributed by atoms with Crippen molar-refractivity contribution in [1.29, 1.82) is 0 Å². The molecule has 0 spiro atoms. The summed E-state index contributed by atoms with van der Waals surface area (Å²) in [7, 11) is 1.57. The Morgan fingerprint density at radius 3 is 2.29 bits per heavy atom. The maximum Gasteiger partial charge on any atom is 0.251 e. The number of methoxy groups -OCH3 is 1. The fourth-order valence-corrected chi connectivity index (χ4v) is 3.23. The average Bonchev–Trinajstić information content (AvgIpc) is 2.73. The summed E-state index contributed by atoms with van der Waals surface area (Å²) >= 11 is 0. The largest absolute Gasteiger partial charge is 0.497 e. The number of hydrogen-bond donors (Lipinski definition) is 2. The summed E-state index contributed by atoms with van der Waals surface area (Å²) < 4.78 is 5.07. The van der Waals surface area contributed by atoms with Gasteiger partial charge in [0.05, 0.1) is 13.7 Å². The summed E-state index contributed by atoms with van der Waals surface area (Å²) in [5, 5.41) is 5.44. The number of carbonyl (C=O) groups is 2. The number of ether oxygens (including phenoxy) is 1. The summed E-state index contributed by atoms with van der Waals surface area (Å²) in [5.74, 6) is 0.911. The van der Waals surface area contributed by atoms with Crippen LogP contribution in [0.3, 0.4) is 0 Å². The van der Waals surface area contributed by atoms with Gasteiger partial charge >= 0.3 is 0 Å². The molecular weight excluding hydrogens is 354 g/mol. The van der Waals surface area contributed by atoms with Crippen molar-refractivity contribution in [2.24, 2.45) is 5.92 Å². The van der Waals surface area contributed by atoms with Gasteiger partial charge in [-0.2, -0.15) is 0 Å². The number of benzene rings is 2. The van der Waals surface area contributed by atoms with Crippen LogP contribution in [0.4, 0.5) is 11.4 Å². The highest BCUT2D eigenvalue weighted by Gasteiger charge is 2.16.